The molecule has 4 nitrogen and oxygen atoms in total. The lowest BCUT2D eigenvalue weighted by Crippen LogP contribution is -2.27. The maximum atomic E-state index is 14.0. The fourth-order valence-electron chi connectivity index (χ4n) is 3.10. The molecule has 3 aromatic carbocycles. The van der Waals surface area contributed by atoms with Crippen LogP contribution >= 0.6 is 35.0 Å². The fraction of sp³-hybridized carbons (Fsp3) is 0.0833. The third-order valence-electron chi connectivity index (χ3n) is 4.77. The third-order valence-corrected chi connectivity index (χ3v) is 6.28. The Morgan fingerprint density at radius 3 is 2.47 bits per heavy atom. The maximum absolute atomic E-state index is 14.0. The molecule has 1 saturated heterocycles. The van der Waals surface area contributed by atoms with Crippen molar-refractivity contribution in [2.24, 2.45) is 0 Å². The number of rotatable bonds is 6. The van der Waals surface area contributed by atoms with E-state index < -0.39 is 5.82 Å². The third kappa shape index (κ3) is 4.99. The second kappa shape index (κ2) is 9.77. The van der Waals surface area contributed by atoms with E-state index in [0.717, 1.165) is 17.3 Å². The zero-order valence-corrected chi connectivity index (χ0v) is 18.9. The van der Waals surface area contributed by atoms with Crippen molar-refractivity contribution in [3.05, 3.63) is 104 Å². The van der Waals surface area contributed by atoms with E-state index in [1.807, 2.05) is 0 Å². The van der Waals surface area contributed by atoms with Crippen LogP contribution in [0.25, 0.3) is 6.08 Å². The molecule has 3 aromatic rings. The van der Waals surface area contributed by atoms with Crippen LogP contribution in [-0.4, -0.2) is 16.0 Å². The summed E-state index contributed by atoms with van der Waals surface area (Å²) in [6, 6.07) is 18.4. The number of imide groups is 1. The summed E-state index contributed by atoms with van der Waals surface area (Å²) in [5, 5.41) is 0.495. The van der Waals surface area contributed by atoms with E-state index in [0.29, 0.717) is 16.3 Å². The van der Waals surface area contributed by atoms with Gasteiger partial charge in [0.1, 0.15) is 18.2 Å². The number of para-hydroxylation sites is 1. The Kier molecular flexibility index (Phi) is 6.84. The first kappa shape index (κ1) is 22.4. The lowest BCUT2D eigenvalue weighted by Gasteiger charge is -2.13. The molecule has 1 aliphatic rings. The minimum atomic E-state index is -0.460. The van der Waals surface area contributed by atoms with Crippen molar-refractivity contribution in [1.29, 1.82) is 0 Å². The summed E-state index contributed by atoms with van der Waals surface area (Å²) in [6.45, 7) is 0.0809. The summed E-state index contributed by atoms with van der Waals surface area (Å²) in [6.07, 6.45) is 1.60. The monoisotopic (exact) mass is 487 g/mol. The lowest BCUT2D eigenvalue weighted by molar-refractivity contribution is -0.123. The Bertz CT molecular complexity index is 1190. The molecule has 1 fully saturated rings. The number of carbonyl (C=O) groups is 2. The molecular formula is C24H16Cl2FNO3S. The highest BCUT2D eigenvalue weighted by atomic mass is 35.5. The highest BCUT2D eigenvalue weighted by Gasteiger charge is 2.35. The molecule has 0 aromatic heterocycles. The smallest absolute Gasteiger partial charge is 0.293 e. The Labute approximate surface area is 198 Å². The number of ether oxygens (including phenoxy) is 1. The van der Waals surface area contributed by atoms with Crippen LogP contribution in [0.1, 0.15) is 16.7 Å². The Morgan fingerprint density at radius 2 is 1.72 bits per heavy atom. The Morgan fingerprint density at radius 1 is 0.969 bits per heavy atom. The molecule has 1 aliphatic heterocycles. The number of benzene rings is 3. The van der Waals surface area contributed by atoms with Crippen LogP contribution in [0.4, 0.5) is 9.18 Å². The lowest BCUT2D eigenvalue weighted by atomic mass is 10.1. The van der Waals surface area contributed by atoms with Crippen molar-refractivity contribution < 1.29 is 18.7 Å². The summed E-state index contributed by atoms with van der Waals surface area (Å²) in [7, 11) is 0. The summed E-state index contributed by atoms with van der Waals surface area (Å²) >= 11 is 12.8. The van der Waals surface area contributed by atoms with Crippen LogP contribution in [0, 0.1) is 5.82 Å². The van der Waals surface area contributed by atoms with Gasteiger partial charge >= 0.3 is 0 Å². The number of thioether (sulfide) groups is 1. The van der Waals surface area contributed by atoms with Crippen molar-refractivity contribution in [1.82, 2.24) is 4.90 Å². The number of nitrogens with zero attached hydrogens (tertiary/aromatic N) is 1. The number of hydrogen-bond donors (Lipinski definition) is 0. The molecule has 0 spiro atoms. The van der Waals surface area contributed by atoms with Gasteiger partial charge in [-0.2, -0.15) is 0 Å². The number of carbonyl (C=O) groups excluding carboxylic acids is 2. The number of hydrogen-bond acceptors (Lipinski definition) is 4. The second-order valence-corrected chi connectivity index (χ2v) is 8.76. The van der Waals surface area contributed by atoms with Gasteiger partial charge in [0, 0.05) is 16.1 Å². The van der Waals surface area contributed by atoms with E-state index in [1.165, 1.54) is 17.0 Å². The first-order valence-corrected chi connectivity index (χ1v) is 11.1. The standard InChI is InChI=1S/C24H16Cl2FNO3S/c25-17-10-8-15(9-11-17)13-28-23(29)22(32-24(28)30)12-16-4-1-2-7-21(16)31-14-18-19(26)5-3-6-20(18)27/h1-12H,13-14H2/b22-12-. The van der Waals surface area contributed by atoms with E-state index in [4.69, 9.17) is 27.9 Å². The van der Waals surface area contributed by atoms with Crippen molar-refractivity contribution in [2.75, 3.05) is 0 Å². The van der Waals surface area contributed by atoms with Gasteiger partial charge in [0.05, 0.1) is 16.5 Å². The highest BCUT2D eigenvalue weighted by Crippen LogP contribution is 2.35. The zero-order chi connectivity index (χ0) is 22.7. The van der Waals surface area contributed by atoms with E-state index in [1.54, 1.807) is 60.7 Å². The molecule has 2 amide bonds. The van der Waals surface area contributed by atoms with Gasteiger partial charge in [0.2, 0.25) is 0 Å². The summed E-state index contributed by atoms with van der Waals surface area (Å²) in [5.41, 5.74) is 1.63. The van der Waals surface area contributed by atoms with Gasteiger partial charge in [0.25, 0.3) is 11.1 Å². The van der Waals surface area contributed by atoms with Gasteiger partial charge in [-0.05, 0) is 53.7 Å². The van der Waals surface area contributed by atoms with E-state index >= 15 is 0 Å². The molecule has 0 radical (unpaired) electrons. The second-order valence-electron chi connectivity index (χ2n) is 6.92. The normalized spacial score (nSPS) is 15.0. The molecule has 0 saturated carbocycles. The van der Waals surface area contributed by atoms with Gasteiger partial charge in [-0.1, -0.05) is 59.6 Å². The molecule has 32 heavy (non-hydrogen) atoms. The molecule has 0 unspecified atom stereocenters. The van der Waals surface area contributed by atoms with Crippen molar-refractivity contribution in [3.8, 4) is 5.75 Å². The maximum Gasteiger partial charge on any atom is 0.293 e. The molecule has 0 N–H and O–H groups in total. The van der Waals surface area contributed by atoms with Crippen LogP contribution in [-0.2, 0) is 17.9 Å². The minimum Gasteiger partial charge on any atom is -0.488 e. The highest BCUT2D eigenvalue weighted by molar-refractivity contribution is 8.18. The van der Waals surface area contributed by atoms with Crippen LogP contribution in [0.3, 0.4) is 0 Å². The average Bonchev–Trinajstić information content (AvgIpc) is 3.03. The van der Waals surface area contributed by atoms with Crippen LogP contribution in [0.5, 0.6) is 5.75 Å². The van der Waals surface area contributed by atoms with Gasteiger partial charge in [-0.3, -0.25) is 14.5 Å². The van der Waals surface area contributed by atoms with Crippen molar-refractivity contribution in [2.45, 2.75) is 13.2 Å². The van der Waals surface area contributed by atoms with Gasteiger partial charge in [-0.15, -0.1) is 0 Å². The predicted octanol–water partition coefficient (Wildman–Crippen LogP) is 6.95. The van der Waals surface area contributed by atoms with Crippen LogP contribution < -0.4 is 4.74 Å². The summed E-state index contributed by atoms with van der Waals surface area (Å²) in [4.78, 5) is 26.8. The first-order valence-electron chi connectivity index (χ1n) is 9.57. The summed E-state index contributed by atoms with van der Waals surface area (Å²) < 4.78 is 19.8. The molecular weight excluding hydrogens is 472 g/mol. The first-order chi connectivity index (χ1) is 15.4. The van der Waals surface area contributed by atoms with Gasteiger partial charge < -0.3 is 4.74 Å². The Hall–Kier alpha value is -2.80. The molecule has 1 heterocycles. The molecule has 0 bridgehead atoms. The average molecular weight is 488 g/mol. The molecule has 0 aliphatic carbocycles. The van der Waals surface area contributed by atoms with Crippen LogP contribution in [0.15, 0.2) is 71.6 Å². The SMILES string of the molecule is O=C1S/C(=C\c2ccccc2OCc2c(F)cccc2Cl)C(=O)N1Cc1ccc(Cl)cc1. The van der Waals surface area contributed by atoms with E-state index in [2.05, 4.69) is 0 Å². The largest absolute Gasteiger partial charge is 0.488 e. The summed E-state index contributed by atoms with van der Waals surface area (Å²) in [5.74, 6) is -0.406. The van der Waals surface area contributed by atoms with Gasteiger partial charge in [0.15, 0.2) is 0 Å². The Balaban J connectivity index is 1.53. The van der Waals surface area contributed by atoms with E-state index in [-0.39, 0.29) is 39.8 Å². The molecule has 0 atom stereocenters. The number of halogens is 3. The minimum absolute atomic E-state index is 0.0750. The van der Waals surface area contributed by atoms with Gasteiger partial charge in [-0.25, -0.2) is 4.39 Å². The topological polar surface area (TPSA) is 46.6 Å². The quantitative estimate of drug-likeness (QED) is 0.353. The molecule has 8 heteroatoms. The zero-order valence-electron chi connectivity index (χ0n) is 16.6. The number of amides is 2. The van der Waals surface area contributed by atoms with E-state index in [9.17, 15) is 14.0 Å². The molecule has 4 rings (SSSR count). The predicted molar refractivity (Wildman–Crippen MR) is 125 cm³/mol. The van der Waals surface area contributed by atoms with Crippen molar-refractivity contribution >= 4 is 52.2 Å². The fourth-order valence-corrected chi connectivity index (χ4v) is 4.27. The van der Waals surface area contributed by atoms with Crippen LogP contribution in [0.2, 0.25) is 10.0 Å². The molecule has 162 valence electrons. The van der Waals surface area contributed by atoms with Crippen molar-refractivity contribution in [3.63, 3.8) is 0 Å².